The smallest absolute Gasteiger partial charge is 0.181 e. The zero-order chi connectivity index (χ0) is 10.7. The first-order chi connectivity index (χ1) is 7.31. The maximum Gasteiger partial charge on any atom is 0.181 e. The van der Waals surface area contributed by atoms with E-state index in [2.05, 4.69) is 9.97 Å². The van der Waals surface area contributed by atoms with Gasteiger partial charge < -0.3 is 0 Å². The molecule has 2 aromatic rings. The predicted molar refractivity (Wildman–Crippen MR) is 60.0 cm³/mol. The van der Waals surface area contributed by atoms with Crippen LogP contribution in [-0.4, -0.2) is 15.8 Å². The number of hydrogen-bond acceptors (Lipinski definition) is 4. The van der Waals surface area contributed by atoms with Gasteiger partial charge in [-0.2, -0.15) is 0 Å². The number of nitrogens with zero attached hydrogens (tertiary/aromatic N) is 2. The number of Topliss-reactive ketones (excluding diaryl/α,β-unsaturated/α-hetero) is 1. The summed E-state index contributed by atoms with van der Waals surface area (Å²) >= 11 is 1.47. The summed E-state index contributed by atoms with van der Waals surface area (Å²) in [6, 6.07) is 3.80. The first-order valence-corrected chi connectivity index (χ1v) is 5.58. The third-order valence-corrected chi connectivity index (χ3v) is 2.91. The number of aromatic nitrogens is 2. The molecule has 0 aliphatic heterocycles. The SMILES string of the molecule is CCC(=O)c1csc(-c2cccnc2)n1. The summed E-state index contributed by atoms with van der Waals surface area (Å²) in [7, 11) is 0. The molecule has 0 spiro atoms. The van der Waals surface area contributed by atoms with Crippen molar-refractivity contribution in [3.8, 4) is 10.6 Å². The van der Waals surface area contributed by atoms with Crippen molar-refractivity contribution >= 4 is 17.1 Å². The highest BCUT2D eigenvalue weighted by Gasteiger charge is 2.09. The molecule has 3 nitrogen and oxygen atoms in total. The molecule has 0 radical (unpaired) electrons. The van der Waals surface area contributed by atoms with Crippen molar-refractivity contribution in [2.45, 2.75) is 13.3 Å². The van der Waals surface area contributed by atoms with E-state index >= 15 is 0 Å². The Balaban J connectivity index is 2.32. The van der Waals surface area contributed by atoms with E-state index < -0.39 is 0 Å². The highest BCUT2D eigenvalue weighted by molar-refractivity contribution is 7.13. The molecule has 0 N–H and O–H groups in total. The van der Waals surface area contributed by atoms with E-state index in [0.717, 1.165) is 10.6 Å². The highest BCUT2D eigenvalue weighted by atomic mass is 32.1. The molecule has 0 atom stereocenters. The maximum absolute atomic E-state index is 11.4. The van der Waals surface area contributed by atoms with Gasteiger partial charge >= 0.3 is 0 Å². The molecule has 4 heteroatoms. The van der Waals surface area contributed by atoms with E-state index in [9.17, 15) is 4.79 Å². The van der Waals surface area contributed by atoms with Gasteiger partial charge in [0.2, 0.25) is 0 Å². The van der Waals surface area contributed by atoms with Crippen molar-refractivity contribution < 1.29 is 4.79 Å². The molecule has 0 saturated heterocycles. The number of hydrogen-bond donors (Lipinski definition) is 0. The van der Waals surface area contributed by atoms with Crippen molar-refractivity contribution in [2.24, 2.45) is 0 Å². The second kappa shape index (κ2) is 4.31. The lowest BCUT2D eigenvalue weighted by atomic mass is 10.2. The Morgan fingerprint density at radius 2 is 2.40 bits per heavy atom. The quantitative estimate of drug-likeness (QED) is 0.744. The number of ketones is 1. The first kappa shape index (κ1) is 9.98. The predicted octanol–water partition coefficient (Wildman–Crippen LogP) is 2.80. The second-order valence-corrected chi connectivity index (χ2v) is 3.91. The van der Waals surface area contributed by atoms with Crippen LogP contribution in [0.4, 0.5) is 0 Å². The van der Waals surface area contributed by atoms with E-state index in [0.29, 0.717) is 12.1 Å². The minimum atomic E-state index is 0.0846. The number of thiazole rings is 1. The Bertz CT molecular complexity index is 464. The van der Waals surface area contributed by atoms with Crippen LogP contribution in [0.5, 0.6) is 0 Å². The number of carbonyl (C=O) groups excluding carboxylic acids is 1. The third-order valence-electron chi connectivity index (χ3n) is 2.02. The van der Waals surface area contributed by atoms with Gasteiger partial charge in [-0.25, -0.2) is 4.98 Å². The molecule has 15 heavy (non-hydrogen) atoms. The highest BCUT2D eigenvalue weighted by Crippen LogP contribution is 2.22. The summed E-state index contributed by atoms with van der Waals surface area (Å²) < 4.78 is 0. The molecule has 0 aliphatic carbocycles. The van der Waals surface area contributed by atoms with Crippen LogP contribution in [0.25, 0.3) is 10.6 Å². The Morgan fingerprint density at radius 3 is 3.07 bits per heavy atom. The van der Waals surface area contributed by atoms with Crippen LogP contribution in [0.3, 0.4) is 0 Å². The van der Waals surface area contributed by atoms with Crippen molar-refractivity contribution in [1.29, 1.82) is 0 Å². The van der Waals surface area contributed by atoms with Gasteiger partial charge in [-0.1, -0.05) is 6.92 Å². The van der Waals surface area contributed by atoms with Gasteiger partial charge in [0.25, 0.3) is 0 Å². The number of carbonyl (C=O) groups is 1. The van der Waals surface area contributed by atoms with Crippen LogP contribution in [-0.2, 0) is 0 Å². The zero-order valence-electron chi connectivity index (χ0n) is 8.30. The molecule has 2 rings (SSSR count). The molecule has 0 saturated carbocycles. The molecule has 0 aliphatic rings. The van der Waals surface area contributed by atoms with Gasteiger partial charge in [0, 0.05) is 29.8 Å². The molecule has 2 heterocycles. The molecule has 0 aromatic carbocycles. The summed E-state index contributed by atoms with van der Waals surface area (Å²) in [6.07, 6.45) is 3.96. The Hall–Kier alpha value is -1.55. The van der Waals surface area contributed by atoms with Crippen LogP contribution in [0, 0.1) is 0 Å². The van der Waals surface area contributed by atoms with Gasteiger partial charge in [-0.3, -0.25) is 9.78 Å². The lowest BCUT2D eigenvalue weighted by Crippen LogP contribution is -1.96. The molecule has 0 fully saturated rings. The van der Waals surface area contributed by atoms with Crippen molar-refractivity contribution in [1.82, 2.24) is 9.97 Å². The van der Waals surface area contributed by atoms with Crippen LogP contribution in [0.2, 0.25) is 0 Å². The van der Waals surface area contributed by atoms with E-state index in [1.54, 1.807) is 17.8 Å². The Morgan fingerprint density at radius 1 is 1.53 bits per heavy atom. The fraction of sp³-hybridized carbons (Fsp3) is 0.182. The number of pyridine rings is 1. The topological polar surface area (TPSA) is 42.9 Å². The fourth-order valence-corrected chi connectivity index (χ4v) is 2.02. The number of rotatable bonds is 3. The summed E-state index contributed by atoms with van der Waals surface area (Å²) in [4.78, 5) is 19.7. The fourth-order valence-electron chi connectivity index (χ4n) is 1.20. The molecule has 0 unspecified atom stereocenters. The standard InChI is InChI=1S/C11H10N2OS/c1-2-10(14)9-7-15-11(13-9)8-4-3-5-12-6-8/h3-7H,2H2,1H3. The van der Waals surface area contributed by atoms with Gasteiger partial charge in [-0.15, -0.1) is 11.3 Å². The second-order valence-electron chi connectivity index (χ2n) is 3.06. The Labute approximate surface area is 91.8 Å². The van der Waals surface area contributed by atoms with E-state index in [1.807, 2.05) is 19.1 Å². The molecular formula is C11H10N2OS. The molecule has 0 bridgehead atoms. The summed E-state index contributed by atoms with van der Waals surface area (Å²) in [5.41, 5.74) is 1.51. The van der Waals surface area contributed by atoms with Gasteiger partial charge in [0.15, 0.2) is 5.78 Å². The summed E-state index contributed by atoms with van der Waals surface area (Å²) in [6.45, 7) is 1.84. The lowest BCUT2D eigenvalue weighted by Gasteiger charge is -1.93. The van der Waals surface area contributed by atoms with Crippen molar-refractivity contribution in [3.63, 3.8) is 0 Å². The normalized spacial score (nSPS) is 10.2. The van der Waals surface area contributed by atoms with Crippen molar-refractivity contribution in [3.05, 3.63) is 35.6 Å². The van der Waals surface area contributed by atoms with Crippen LogP contribution >= 0.6 is 11.3 Å². The average Bonchev–Trinajstić information content (AvgIpc) is 2.78. The molecule has 2 aromatic heterocycles. The van der Waals surface area contributed by atoms with Gasteiger partial charge in [0.05, 0.1) is 0 Å². The zero-order valence-corrected chi connectivity index (χ0v) is 9.12. The third kappa shape index (κ3) is 2.10. The monoisotopic (exact) mass is 218 g/mol. The minimum absolute atomic E-state index is 0.0846. The first-order valence-electron chi connectivity index (χ1n) is 4.70. The van der Waals surface area contributed by atoms with Gasteiger partial charge in [-0.05, 0) is 12.1 Å². The largest absolute Gasteiger partial charge is 0.292 e. The molecular weight excluding hydrogens is 208 g/mol. The summed E-state index contributed by atoms with van der Waals surface area (Å²) in [5, 5.41) is 2.65. The summed E-state index contributed by atoms with van der Waals surface area (Å²) in [5.74, 6) is 0.0846. The van der Waals surface area contributed by atoms with Crippen molar-refractivity contribution in [2.75, 3.05) is 0 Å². The average molecular weight is 218 g/mol. The minimum Gasteiger partial charge on any atom is -0.292 e. The molecule has 0 amide bonds. The Kier molecular flexibility index (Phi) is 2.87. The van der Waals surface area contributed by atoms with E-state index in [1.165, 1.54) is 11.3 Å². The van der Waals surface area contributed by atoms with Gasteiger partial charge in [0.1, 0.15) is 10.7 Å². The van der Waals surface area contributed by atoms with Crippen LogP contribution in [0.1, 0.15) is 23.8 Å². The maximum atomic E-state index is 11.4. The van der Waals surface area contributed by atoms with E-state index in [-0.39, 0.29) is 5.78 Å². The lowest BCUT2D eigenvalue weighted by molar-refractivity contribution is 0.0984. The molecule has 76 valence electrons. The van der Waals surface area contributed by atoms with Crippen LogP contribution < -0.4 is 0 Å². The van der Waals surface area contributed by atoms with E-state index in [4.69, 9.17) is 0 Å². The van der Waals surface area contributed by atoms with Crippen LogP contribution in [0.15, 0.2) is 29.9 Å².